The summed E-state index contributed by atoms with van der Waals surface area (Å²) in [5.74, 6) is 0. The summed E-state index contributed by atoms with van der Waals surface area (Å²) >= 11 is 0. The van der Waals surface area contributed by atoms with Gasteiger partial charge in [-0.1, -0.05) is 0 Å². The van der Waals surface area contributed by atoms with Crippen LogP contribution in [0.1, 0.15) is 12.2 Å². The molecule has 0 bridgehead atoms. The van der Waals surface area contributed by atoms with Crippen molar-refractivity contribution >= 4 is 0 Å². The fourth-order valence-electron chi connectivity index (χ4n) is 1.57. The lowest BCUT2D eigenvalue weighted by Crippen LogP contribution is -2.22. The number of hydrogen-bond donors (Lipinski definition) is 0. The third-order valence-corrected chi connectivity index (χ3v) is 2.47. The monoisotopic (exact) mass is 294 g/mol. The molecule has 10 heteroatoms. The van der Waals surface area contributed by atoms with E-state index in [9.17, 15) is 26.7 Å². The van der Waals surface area contributed by atoms with E-state index in [0.29, 0.717) is 10.7 Å². The van der Waals surface area contributed by atoms with Gasteiger partial charge in [-0.25, -0.2) is 4.68 Å². The highest BCUT2D eigenvalue weighted by atomic mass is 19.4. The van der Waals surface area contributed by atoms with Crippen LogP contribution in [-0.2, 0) is 13.2 Å². The van der Waals surface area contributed by atoms with Gasteiger partial charge in [0.1, 0.15) is 11.4 Å². The first-order valence-corrected chi connectivity index (χ1v) is 5.18. The Labute approximate surface area is 108 Å². The second-order valence-electron chi connectivity index (χ2n) is 3.85. The van der Waals surface area contributed by atoms with E-state index in [1.807, 2.05) is 0 Å². The molecule has 5 nitrogen and oxygen atoms in total. The summed E-state index contributed by atoms with van der Waals surface area (Å²) < 4.78 is 63.1. The summed E-state index contributed by atoms with van der Waals surface area (Å²) in [5, 5.41) is 6.76. The predicted molar refractivity (Wildman–Crippen MR) is 57.0 cm³/mol. The van der Waals surface area contributed by atoms with Crippen LogP contribution in [0.25, 0.3) is 11.3 Å². The molecule has 0 saturated carbocycles. The maximum atomic E-state index is 12.6. The van der Waals surface area contributed by atoms with Gasteiger partial charge >= 0.3 is 12.7 Å². The van der Waals surface area contributed by atoms with Gasteiger partial charge in [0.05, 0.1) is 6.20 Å². The van der Waals surface area contributed by atoms with E-state index in [1.54, 1.807) is 0 Å². The Morgan fingerprint density at radius 3 is 2.45 bits per heavy atom. The van der Waals surface area contributed by atoms with Gasteiger partial charge in [-0.2, -0.15) is 32.1 Å². The summed E-state index contributed by atoms with van der Waals surface area (Å²) in [6.45, 7) is -2.91. The molecule has 108 valence electrons. The van der Waals surface area contributed by atoms with Crippen molar-refractivity contribution in [2.24, 2.45) is 7.05 Å². The summed E-state index contributed by atoms with van der Waals surface area (Å²) in [6.07, 6.45) is -2.96. The Kier molecular flexibility index (Phi) is 3.32. The van der Waals surface area contributed by atoms with Gasteiger partial charge in [0.2, 0.25) is 5.43 Å². The fourth-order valence-corrected chi connectivity index (χ4v) is 1.57. The van der Waals surface area contributed by atoms with E-state index in [4.69, 9.17) is 0 Å². The Morgan fingerprint density at radius 1 is 1.30 bits per heavy atom. The Balaban J connectivity index is 2.53. The average molecular weight is 294 g/mol. The lowest BCUT2D eigenvalue weighted by molar-refractivity contribution is -0.144. The van der Waals surface area contributed by atoms with E-state index in [1.165, 1.54) is 0 Å². The van der Waals surface area contributed by atoms with Crippen LogP contribution in [0.2, 0.25) is 0 Å². The topological polar surface area (TPSA) is 52.7 Å². The molecule has 0 radical (unpaired) electrons. The van der Waals surface area contributed by atoms with Crippen molar-refractivity contribution in [1.82, 2.24) is 19.6 Å². The molecule has 0 atom stereocenters. The maximum Gasteiger partial charge on any atom is 0.433 e. The summed E-state index contributed by atoms with van der Waals surface area (Å²) in [6, 6.07) is 0.363. The van der Waals surface area contributed by atoms with Crippen molar-refractivity contribution in [2.75, 3.05) is 0 Å². The van der Waals surface area contributed by atoms with Crippen LogP contribution in [0, 0.1) is 0 Å². The summed E-state index contributed by atoms with van der Waals surface area (Å²) in [5.41, 5.74) is -2.72. The van der Waals surface area contributed by atoms with Crippen LogP contribution in [0.4, 0.5) is 22.0 Å². The minimum atomic E-state index is -4.73. The van der Waals surface area contributed by atoms with E-state index >= 15 is 0 Å². The molecule has 20 heavy (non-hydrogen) atoms. The van der Waals surface area contributed by atoms with Crippen LogP contribution in [0.15, 0.2) is 23.3 Å². The Hall–Kier alpha value is -2.26. The van der Waals surface area contributed by atoms with Gasteiger partial charge in [0.25, 0.3) is 0 Å². The van der Waals surface area contributed by atoms with Crippen LogP contribution >= 0.6 is 0 Å². The highest BCUT2D eigenvalue weighted by Gasteiger charge is 2.34. The number of aryl methyl sites for hydroxylation is 1. The molecule has 2 rings (SSSR count). The largest absolute Gasteiger partial charge is 0.433 e. The number of aromatic nitrogens is 4. The first-order valence-electron chi connectivity index (χ1n) is 5.18. The summed E-state index contributed by atoms with van der Waals surface area (Å²) in [7, 11) is 1.00. The number of halogens is 5. The Bertz CT molecular complexity index is 688. The van der Waals surface area contributed by atoms with Gasteiger partial charge in [0.15, 0.2) is 0 Å². The standard InChI is InChI=1S/C10H7F5N4O/c1-18-7(10(13,14)15)2-6(20)8(17-18)5-3-16-19(4-5)9(11)12/h2-4,9H,1H3. The number of rotatable bonds is 2. The molecule has 0 saturated heterocycles. The normalized spacial score (nSPS) is 12.2. The SMILES string of the molecule is Cn1nc(-c2cnn(C(F)F)c2)c(=O)cc1C(F)(F)F. The zero-order valence-electron chi connectivity index (χ0n) is 9.90. The van der Waals surface area contributed by atoms with Crippen LogP contribution in [0.5, 0.6) is 0 Å². The van der Waals surface area contributed by atoms with E-state index in [2.05, 4.69) is 10.2 Å². The molecule has 0 aliphatic rings. The number of nitrogens with zero attached hydrogens (tertiary/aromatic N) is 4. The van der Waals surface area contributed by atoms with Crippen LogP contribution in [0.3, 0.4) is 0 Å². The second-order valence-corrected chi connectivity index (χ2v) is 3.85. The van der Waals surface area contributed by atoms with Gasteiger partial charge < -0.3 is 0 Å². The smallest absolute Gasteiger partial charge is 0.287 e. The van der Waals surface area contributed by atoms with Crippen molar-refractivity contribution in [3.05, 3.63) is 34.4 Å². The molecule has 2 aromatic heterocycles. The molecule has 0 aromatic carbocycles. The quantitative estimate of drug-likeness (QED) is 0.797. The highest BCUT2D eigenvalue weighted by molar-refractivity contribution is 5.56. The zero-order valence-corrected chi connectivity index (χ0v) is 9.90. The third-order valence-electron chi connectivity index (χ3n) is 2.47. The van der Waals surface area contributed by atoms with Gasteiger partial charge in [-0.3, -0.25) is 9.48 Å². The fraction of sp³-hybridized carbons (Fsp3) is 0.300. The minimum Gasteiger partial charge on any atom is -0.287 e. The molecular formula is C10H7F5N4O. The molecule has 2 heterocycles. The first-order chi connectivity index (χ1) is 9.20. The molecular weight excluding hydrogens is 287 g/mol. The molecule has 0 amide bonds. The maximum absolute atomic E-state index is 12.6. The zero-order chi connectivity index (χ0) is 15.1. The number of alkyl halides is 5. The van der Waals surface area contributed by atoms with Crippen molar-refractivity contribution in [3.63, 3.8) is 0 Å². The predicted octanol–water partition coefficient (Wildman–Crippen LogP) is 2.06. The first kappa shape index (κ1) is 14.2. The van der Waals surface area contributed by atoms with Gasteiger partial charge in [-0.15, -0.1) is 0 Å². The van der Waals surface area contributed by atoms with Crippen LogP contribution < -0.4 is 5.43 Å². The lowest BCUT2D eigenvalue weighted by atomic mass is 10.2. The molecule has 0 fully saturated rings. The summed E-state index contributed by atoms with van der Waals surface area (Å²) in [4.78, 5) is 11.6. The van der Waals surface area contributed by atoms with Crippen LogP contribution in [-0.4, -0.2) is 19.6 Å². The van der Waals surface area contributed by atoms with Crippen molar-refractivity contribution < 1.29 is 22.0 Å². The molecule has 0 N–H and O–H groups in total. The average Bonchev–Trinajstić information content (AvgIpc) is 2.79. The molecule has 0 aliphatic heterocycles. The van der Waals surface area contributed by atoms with E-state index < -0.39 is 23.8 Å². The van der Waals surface area contributed by atoms with Crippen molar-refractivity contribution in [1.29, 1.82) is 0 Å². The van der Waals surface area contributed by atoms with Crippen molar-refractivity contribution in [2.45, 2.75) is 12.7 Å². The van der Waals surface area contributed by atoms with Crippen molar-refractivity contribution in [3.8, 4) is 11.3 Å². The molecule has 0 aliphatic carbocycles. The minimum absolute atomic E-state index is 0.0837. The van der Waals surface area contributed by atoms with E-state index in [0.717, 1.165) is 19.4 Å². The van der Waals surface area contributed by atoms with Gasteiger partial charge in [0, 0.05) is 24.9 Å². The molecule has 2 aromatic rings. The lowest BCUT2D eigenvalue weighted by Gasteiger charge is -2.11. The highest BCUT2D eigenvalue weighted by Crippen LogP contribution is 2.28. The van der Waals surface area contributed by atoms with E-state index in [-0.39, 0.29) is 15.9 Å². The van der Waals surface area contributed by atoms with Gasteiger partial charge in [-0.05, 0) is 0 Å². The molecule has 0 unspecified atom stereocenters. The second kappa shape index (κ2) is 4.69. The Morgan fingerprint density at radius 2 is 1.95 bits per heavy atom. The third kappa shape index (κ3) is 2.53. The molecule has 0 spiro atoms. The number of hydrogen-bond acceptors (Lipinski definition) is 3.